The molecule has 0 bridgehead atoms. The summed E-state index contributed by atoms with van der Waals surface area (Å²) in [6.45, 7) is 14.6. The minimum absolute atomic E-state index is 0.344. The zero-order valence-electron chi connectivity index (χ0n) is 11.1. The van der Waals surface area contributed by atoms with Gasteiger partial charge in [-0.1, -0.05) is 18.2 Å². The number of benzene rings is 1. The predicted octanol–water partition coefficient (Wildman–Crippen LogP) is 3.84. The van der Waals surface area contributed by atoms with Crippen molar-refractivity contribution < 1.29 is 0 Å². The fourth-order valence-electron chi connectivity index (χ4n) is 2.00. The van der Waals surface area contributed by atoms with Gasteiger partial charge in [-0.15, -0.1) is 6.58 Å². The number of nitrogens with one attached hydrogen (secondary N) is 1. The summed E-state index contributed by atoms with van der Waals surface area (Å²) in [7, 11) is 0. The zero-order chi connectivity index (χ0) is 12.3. The van der Waals surface area contributed by atoms with Crippen molar-refractivity contribution in [2.24, 2.45) is 0 Å². The maximum Gasteiger partial charge on any atom is 0.0299 e. The minimum Gasteiger partial charge on any atom is -0.304 e. The van der Waals surface area contributed by atoms with Crippen LogP contribution in [0.5, 0.6) is 0 Å². The minimum atomic E-state index is 0.344. The standard InChI is InChI=1S/C15H23N/c1-7-13(5)16-14(6)15-9-11(3)10(2)8-12(15)4/h7-9,13-14,16H,1H2,2-6H3. The molecule has 1 aromatic rings. The van der Waals surface area contributed by atoms with Gasteiger partial charge in [0.25, 0.3) is 0 Å². The van der Waals surface area contributed by atoms with Crippen molar-refractivity contribution >= 4 is 0 Å². The molecule has 1 heteroatoms. The number of hydrogen-bond acceptors (Lipinski definition) is 1. The third-order valence-corrected chi connectivity index (χ3v) is 3.22. The molecule has 0 saturated heterocycles. The molecule has 1 aromatic carbocycles. The monoisotopic (exact) mass is 217 g/mol. The SMILES string of the molecule is C=CC(C)NC(C)c1cc(C)c(C)cc1C. The summed E-state index contributed by atoms with van der Waals surface area (Å²) >= 11 is 0. The largest absolute Gasteiger partial charge is 0.304 e. The van der Waals surface area contributed by atoms with E-state index in [2.05, 4.69) is 58.6 Å². The van der Waals surface area contributed by atoms with Crippen LogP contribution in [0.4, 0.5) is 0 Å². The molecule has 1 N–H and O–H groups in total. The van der Waals surface area contributed by atoms with E-state index in [1.165, 1.54) is 22.3 Å². The van der Waals surface area contributed by atoms with Gasteiger partial charge in [0, 0.05) is 12.1 Å². The second kappa shape index (κ2) is 5.31. The summed E-state index contributed by atoms with van der Waals surface area (Å²) < 4.78 is 0. The van der Waals surface area contributed by atoms with E-state index in [0.717, 1.165) is 0 Å². The van der Waals surface area contributed by atoms with Crippen LogP contribution in [0.3, 0.4) is 0 Å². The van der Waals surface area contributed by atoms with Crippen molar-refractivity contribution in [2.45, 2.75) is 46.7 Å². The van der Waals surface area contributed by atoms with Crippen LogP contribution in [0.1, 0.15) is 42.1 Å². The molecule has 2 unspecified atom stereocenters. The summed E-state index contributed by atoms with van der Waals surface area (Å²) in [4.78, 5) is 0. The van der Waals surface area contributed by atoms with Gasteiger partial charge in [0.05, 0.1) is 0 Å². The lowest BCUT2D eigenvalue weighted by molar-refractivity contribution is 0.535. The first kappa shape index (κ1) is 13.0. The van der Waals surface area contributed by atoms with E-state index in [1.54, 1.807) is 0 Å². The van der Waals surface area contributed by atoms with E-state index in [0.29, 0.717) is 12.1 Å². The Morgan fingerprint density at radius 3 is 2.19 bits per heavy atom. The lowest BCUT2D eigenvalue weighted by Crippen LogP contribution is -2.27. The molecule has 0 aromatic heterocycles. The molecule has 16 heavy (non-hydrogen) atoms. The first-order valence-corrected chi connectivity index (χ1v) is 5.92. The van der Waals surface area contributed by atoms with Crippen LogP contribution in [0.2, 0.25) is 0 Å². The maximum atomic E-state index is 3.80. The van der Waals surface area contributed by atoms with Crippen molar-refractivity contribution in [1.82, 2.24) is 5.32 Å². The molecule has 2 atom stereocenters. The van der Waals surface area contributed by atoms with Crippen molar-refractivity contribution in [3.05, 3.63) is 47.0 Å². The summed E-state index contributed by atoms with van der Waals surface area (Å²) in [6.07, 6.45) is 1.94. The van der Waals surface area contributed by atoms with Crippen LogP contribution in [-0.4, -0.2) is 6.04 Å². The number of aryl methyl sites for hydroxylation is 3. The van der Waals surface area contributed by atoms with E-state index in [-0.39, 0.29) is 0 Å². The Morgan fingerprint density at radius 1 is 1.06 bits per heavy atom. The summed E-state index contributed by atoms with van der Waals surface area (Å²) in [6, 6.07) is 5.27. The van der Waals surface area contributed by atoms with Crippen LogP contribution < -0.4 is 5.32 Å². The average Bonchev–Trinajstić information content (AvgIpc) is 2.23. The smallest absolute Gasteiger partial charge is 0.0299 e. The quantitative estimate of drug-likeness (QED) is 0.756. The molecule has 0 aliphatic carbocycles. The Morgan fingerprint density at radius 2 is 1.62 bits per heavy atom. The summed E-state index contributed by atoms with van der Waals surface area (Å²) in [5.41, 5.74) is 5.47. The van der Waals surface area contributed by atoms with Gasteiger partial charge < -0.3 is 5.32 Å². The lowest BCUT2D eigenvalue weighted by atomic mass is 9.96. The average molecular weight is 217 g/mol. The van der Waals surface area contributed by atoms with Gasteiger partial charge in [-0.25, -0.2) is 0 Å². The van der Waals surface area contributed by atoms with Gasteiger partial charge in [0.15, 0.2) is 0 Å². The van der Waals surface area contributed by atoms with E-state index in [9.17, 15) is 0 Å². The molecule has 0 aliphatic rings. The fraction of sp³-hybridized carbons (Fsp3) is 0.467. The first-order valence-electron chi connectivity index (χ1n) is 5.92. The van der Waals surface area contributed by atoms with Gasteiger partial charge in [0.1, 0.15) is 0 Å². The van der Waals surface area contributed by atoms with E-state index in [1.807, 2.05) is 6.08 Å². The Labute approximate surface area is 99.6 Å². The summed E-state index contributed by atoms with van der Waals surface area (Å²) in [5.74, 6) is 0. The van der Waals surface area contributed by atoms with Gasteiger partial charge in [-0.05, 0) is 56.9 Å². The van der Waals surface area contributed by atoms with Crippen LogP contribution >= 0.6 is 0 Å². The molecule has 0 fully saturated rings. The number of rotatable bonds is 4. The molecule has 1 nitrogen and oxygen atoms in total. The van der Waals surface area contributed by atoms with Crippen molar-refractivity contribution in [3.8, 4) is 0 Å². The second-order valence-corrected chi connectivity index (χ2v) is 4.71. The molecule has 0 radical (unpaired) electrons. The highest BCUT2D eigenvalue weighted by Crippen LogP contribution is 2.21. The molecule has 0 saturated carbocycles. The lowest BCUT2D eigenvalue weighted by Gasteiger charge is -2.21. The number of hydrogen-bond donors (Lipinski definition) is 1. The zero-order valence-corrected chi connectivity index (χ0v) is 11.1. The molecular weight excluding hydrogens is 194 g/mol. The van der Waals surface area contributed by atoms with Crippen LogP contribution in [0, 0.1) is 20.8 Å². The fourth-order valence-corrected chi connectivity index (χ4v) is 2.00. The van der Waals surface area contributed by atoms with Crippen molar-refractivity contribution in [1.29, 1.82) is 0 Å². The molecule has 0 heterocycles. The Hall–Kier alpha value is -1.08. The van der Waals surface area contributed by atoms with Crippen LogP contribution in [0.25, 0.3) is 0 Å². The summed E-state index contributed by atoms with van der Waals surface area (Å²) in [5, 5.41) is 3.52. The Kier molecular flexibility index (Phi) is 4.31. The highest BCUT2D eigenvalue weighted by Gasteiger charge is 2.10. The third kappa shape index (κ3) is 2.96. The topological polar surface area (TPSA) is 12.0 Å². The Balaban J connectivity index is 2.95. The Bertz CT molecular complexity index is 379. The van der Waals surface area contributed by atoms with Gasteiger partial charge >= 0.3 is 0 Å². The van der Waals surface area contributed by atoms with Gasteiger partial charge in [-0.3, -0.25) is 0 Å². The highest BCUT2D eigenvalue weighted by atomic mass is 14.9. The van der Waals surface area contributed by atoms with E-state index >= 15 is 0 Å². The highest BCUT2D eigenvalue weighted by molar-refractivity contribution is 5.38. The molecular formula is C15H23N. The van der Waals surface area contributed by atoms with Crippen LogP contribution in [-0.2, 0) is 0 Å². The second-order valence-electron chi connectivity index (χ2n) is 4.71. The van der Waals surface area contributed by atoms with Gasteiger partial charge in [-0.2, -0.15) is 0 Å². The van der Waals surface area contributed by atoms with E-state index < -0.39 is 0 Å². The molecule has 0 amide bonds. The van der Waals surface area contributed by atoms with E-state index in [4.69, 9.17) is 0 Å². The normalized spacial score (nSPS) is 14.6. The molecule has 0 aliphatic heterocycles. The first-order chi connectivity index (χ1) is 7.45. The molecule has 1 rings (SSSR count). The molecule has 0 spiro atoms. The molecule has 88 valence electrons. The maximum absolute atomic E-state index is 3.80. The predicted molar refractivity (Wildman–Crippen MR) is 71.9 cm³/mol. The van der Waals surface area contributed by atoms with Crippen molar-refractivity contribution in [3.63, 3.8) is 0 Å². The van der Waals surface area contributed by atoms with Crippen LogP contribution in [0.15, 0.2) is 24.8 Å². The third-order valence-electron chi connectivity index (χ3n) is 3.22. The van der Waals surface area contributed by atoms with Gasteiger partial charge in [0.2, 0.25) is 0 Å². The van der Waals surface area contributed by atoms with Crippen molar-refractivity contribution in [2.75, 3.05) is 0 Å².